The third kappa shape index (κ3) is 3.72. The Bertz CT molecular complexity index is 747. The second-order valence-electron chi connectivity index (χ2n) is 7.06. The SMILES string of the molecule is O=C(c1cn[nH]c1-c1ccccc1Cl)N1CCC(NCC2CC2)CC1. The van der Waals surface area contributed by atoms with Crippen LogP contribution >= 0.6 is 11.6 Å². The Labute approximate surface area is 152 Å². The van der Waals surface area contributed by atoms with Gasteiger partial charge in [0, 0.05) is 29.7 Å². The number of hydrogen-bond acceptors (Lipinski definition) is 3. The van der Waals surface area contributed by atoms with Crippen molar-refractivity contribution in [2.75, 3.05) is 19.6 Å². The van der Waals surface area contributed by atoms with Gasteiger partial charge < -0.3 is 10.2 Å². The first-order chi connectivity index (χ1) is 12.2. The van der Waals surface area contributed by atoms with Gasteiger partial charge in [0.2, 0.25) is 0 Å². The molecule has 0 spiro atoms. The summed E-state index contributed by atoms with van der Waals surface area (Å²) in [6, 6.07) is 8.05. The fourth-order valence-electron chi connectivity index (χ4n) is 3.43. The van der Waals surface area contributed by atoms with E-state index in [-0.39, 0.29) is 5.91 Å². The Morgan fingerprint density at radius 1 is 1.24 bits per heavy atom. The van der Waals surface area contributed by atoms with Crippen LogP contribution in [0.2, 0.25) is 5.02 Å². The first kappa shape index (κ1) is 16.6. The lowest BCUT2D eigenvalue weighted by atomic mass is 10.0. The van der Waals surface area contributed by atoms with Crippen molar-refractivity contribution in [1.29, 1.82) is 0 Å². The second kappa shape index (κ2) is 7.18. The fraction of sp³-hybridized carbons (Fsp3) is 0.474. The first-order valence-electron chi connectivity index (χ1n) is 9.03. The molecule has 4 rings (SSSR count). The van der Waals surface area contributed by atoms with Crippen LogP contribution in [0.25, 0.3) is 11.3 Å². The number of carbonyl (C=O) groups is 1. The van der Waals surface area contributed by atoms with E-state index < -0.39 is 0 Å². The van der Waals surface area contributed by atoms with Gasteiger partial charge in [-0.1, -0.05) is 29.8 Å². The zero-order chi connectivity index (χ0) is 17.2. The van der Waals surface area contributed by atoms with Crippen LogP contribution in [0, 0.1) is 5.92 Å². The summed E-state index contributed by atoms with van der Waals surface area (Å²) in [5.74, 6) is 0.924. The summed E-state index contributed by atoms with van der Waals surface area (Å²) >= 11 is 6.28. The van der Waals surface area contributed by atoms with E-state index in [4.69, 9.17) is 11.6 Å². The lowest BCUT2D eigenvalue weighted by Gasteiger charge is -2.32. The number of nitrogens with one attached hydrogen (secondary N) is 2. The molecule has 1 saturated heterocycles. The average Bonchev–Trinajstić information content (AvgIpc) is 3.35. The Morgan fingerprint density at radius 2 is 2.00 bits per heavy atom. The minimum absolute atomic E-state index is 0.0318. The molecular formula is C19H23ClN4O. The van der Waals surface area contributed by atoms with Gasteiger partial charge in [0.15, 0.2) is 0 Å². The summed E-state index contributed by atoms with van der Waals surface area (Å²) in [5.41, 5.74) is 2.10. The summed E-state index contributed by atoms with van der Waals surface area (Å²) in [7, 11) is 0. The van der Waals surface area contributed by atoms with Crippen LogP contribution in [-0.2, 0) is 0 Å². The Hall–Kier alpha value is -1.85. The molecule has 0 radical (unpaired) electrons. The number of amides is 1. The summed E-state index contributed by atoms with van der Waals surface area (Å²) in [4.78, 5) is 14.9. The van der Waals surface area contributed by atoms with Gasteiger partial charge >= 0.3 is 0 Å². The Morgan fingerprint density at radius 3 is 2.72 bits per heavy atom. The highest BCUT2D eigenvalue weighted by molar-refractivity contribution is 6.33. The number of rotatable bonds is 5. The second-order valence-corrected chi connectivity index (χ2v) is 7.46. The van der Waals surface area contributed by atoms with Crippen molar-refractivity contribution in [2.24, 2.45) is 5.92 Å². The molecule has 2 aliphatic rings. The van der Waals surface area contributed by atoms with Gasteiger partial charge in [-0.3, -0.25) is 9.89 Å². The molecule has 0 unspecified atom stereocenters. The molecule has 1 aliphatic carbocycles. The quantitative estimate of drug-likeness (QED) is 0.861. The van der Waals surface area contributed by atoms with E-state index in [1.165, 1.54) is 12.8 Å². The maximum atomic E-state index is 13.0. The highest BCUT2D eigenvalue weighted by atomic mass is 35.5. The molecule has 0 atom stereocenters. The molecule has 1 saturated carbocycles. The fourth-order valence-corrected chi connectivity index (χ4v) is 3.66. The largest absolute Gasteiger partial charge is 0.338 e. The van der Waals surface area contributed by atoms with Crippen molar-refractivity contribution in [2.45, 2.75) is 31.7 Å². The van der Waals surface area contributed by atoms with Gasteiger partial charge in [0.1, 0.15) is 0 Å². The van der Waals surface area contributed by atoms with Crippen LogP contribution in [0.15, 0.2) is 30.5 Å². The summed E-state index contributed by atoms with van der Waals surface area (Å²) in [6.45, 7) is 2.71. The number of carbonyl (C=O) groups excluding carboxylic acids is 1. The number of aromatic amines is 1. The molecule has 2 heterocycles. The van der Waals surface area contributed by atoms with Gasteiger partial charge in [-0.25, -0.2) is 0 Å². The van der Waals surface area contributed by atoms with Crippen molar-refractivity contribution < 1.29 is 4.79 Å². The van der Waals surface area contributed by atoms with Crippen LogP contribution in [0.3, 0.4) is 0 Å². The maximum Gasteiger partial charge on any atom is 0.257 e. The predicted molar refractivity (Wildman–Crippen MR) is 98.7 cm³/mol. The van der Waals surface area contributed by atoms with Crippen molar-refractivity contribution in [3.8, 4) is 11.3 Å². The highest BCUT2D eigenvalue weighted by Gasteiger charge is 2.28. The molecule has 1 aromatic heterocycles. The number of likely N-dealkylation sites (tertiary alicyclic amines) is 1. The van der Waals surface area contributed by atoms with Crippen LogP contribution in [0.5, 0.6) is 0 Å². The Balaban J connectivity index is 1.42. The maximum absolute atomic E-state index is 13.0. The average molecular weight is 359 g/mol. The van der Waals surface area contributed by atoms with Crippen LogP contribution in [0.4, 0.5) is 0 Å². The molecule has 1 aromatic carbocycles. The van der Waals surface area contributed by atoms with E-state index in [1.54, 1.807) is 6.20 Å². The highest BCUT2D eigenvalue weighted by Crippen LogP contribution is 2.30. The van der Waals surface area contributed by atoms with Crippen molar-refractivity contribution >= 4 is 17.5 Å². The molecule has 132 valence electrons. The van der Waals surface area contributed by atoms with Gasteiger partial charge in [0.05, 0.1) is 17.5 Å². The summed E-state index contributed by atoms with van der Waals surface area (Å²) in [6.07, 6.45) is 6.37. The minimum atomic E-state index is 0.0318. The van der Waals surface area contributed by atoms with Crippen molar-refractivity contribution in [3.63, 3.8) is 0 Å². The molecule has 2 aromatic rings. The number of benzene rings is 1. The molecule has 2 fully saturated rings. The van der Waals surface area contributed by atoms with Gasteiger partial charge in [-0.15, -0.1) is 0 Å². The van der Waals surface area contributed by atoms with E-state index in [9.17, 15) is 4.79 Å². The molecule has 6 heteroatoms. The lowest BCUT2D eigenvalue weighted by Crippen LogP contribution is -2.45. The molecule has 2 N–H and O–H groups in total. The standard InChI is InChI=1S/C19H23ClN4O/c20-17-4-2-1-3-15(17)18-16(12-22-23-18)19(25)24-9-7-14(8-10-24)21-11-13-5-6-13/h1-4,12-14,21H,5-11H2,(H,22,23). The normalized spacial score (nSPS) is 18.5. The summed E-state index contributed by atoms with van der Waals surface area (Å²) < 4.78 is 0. The molecule has 0 bridgehead atoms. The number of hydrogen-bond donors (Lipinski definition) is 2. The molecular weight excluding hydrogens is 336 g/mol. The van der Waals surface area contributed by atoms with Crippen molar-refractivity contribution in [1.82, 2.24) is 20.4 Å². The van der Waals surface area contributed by atoms with E-state index in [2.05, 4.69) is 15.5 Å². The first-order valence-corrected chi connectivity index (χ1v) is 9.41. The third-order valence-corrected chi connectivity index (χ3v) is 5.52. The van der Waals surface area contributed by atoms with E-state index >= 15 is 0 Å². The summed E-state index contributed by atoms with van der Waals surface area (Å²) in [5, 5.41) is 11.3. The van der Waals surface area contributed by atoms with E-state index in [1.807, 2.05) is 29.2 Å². The zero-order valence-electron chi connectivity index (χ0n) is 14.2. The lowest BCUT2D eigenvalue weighted by molar-refractivity contribution is 0.0706. The van der Waals surface area contributed by atoms with Crippen LogP contribution in [-0.4, -0.2) is 46.7 Å². The van der Waals surface area contributed by atoms with Crippen molar-refractivity contribution in [3.05, 3.63) is 41.0 Å². The zero-order valence-corrected chi connectivity index (χ0v) is 14.9. The van der Waals surface area contributed by atoms with Gasteiger partial charge in [-0.2, -0.15) is 5.10 Å². The number of H-pyrrole nitrogens is 1. The number of aromatic nitrogens is 2. The van der Waals surface area contributed by atoms with Gasteiger partial charge in [-0.05, 0) is 44.2 Å². The Kier molecular flexibility index (Phi) is 4.77. The molecule has 25 heavy (non-hydrogen) atoms. The molecule has 1 amide bonds. The minimum Gasteiger partial charge on any atom is -0.338 e. The number of halogens is 1. The number of nitrogens with zero attached hydrogens (tertiary/aromatic N) is 2. The van der Waals surface area contributed by atoms with Crippen LogP contribution < -0.4 is 5.32 Å². The molecule has 5 nitrogen and oxygen atoms in total. The van der Waals surface area contributed by atoms with Gasteiger partial charge in [0.25, 0.3) is 5.91 Å². The molecule has 1 aliphatic heterocycles. The van der Waals surface area contributed by atoms with Crippen LogP contribution in [0.1, 0.15) is 36.0 Å². The third-order valence-electron chi connectivity index (χ3n) is 5.19. The van der Waals surface area contributed by atoms with E-state index in [0.29, 0.717) is 22.3 Å². The topological polar surface area (TPSA) is 61.0 Å². The van der Waals surface area contributed by atoms with E-state index in [0.717, 1.165) is 44.0 Å². The smallest absolute Gasteiger partial charge is 0.257 e. The number of piperidine rings is 1. The predicted octanol–water partition coefficient (Wildman–Crippen LogP) is 3.33. The monoisotopic (exact) mass is 358 g/mol.